The molecule has 4 rings (SSSR count). The number of methoxy groups -OCH3 is 2. The van der Waals surface area contributed by atoms with Crippen molar-refractivity contribution in [1.29, 1.82) is 0 Å². The van der Waals surface area contributed by atoms with Crippen LogP contribution < -0.4 is 19.5 Å². The summed E-state index contributed by atoms with van der Waals surface area (Å²) in [6, 6.07) is 16.4. The number of nitrogens with one attached hydrogen (secondary N) is 1. The molecule has 1 heterocycles. The Kier molecular flexibility index (Phi) is 7.88. The van der Waals surface area contributed by atoms with Crippen molar-refractivity contribution in [3.63, 3.8) is 0 Å². The predicted octanol–water partition coefficient (Wildman–Crippen LogP) is 7.11. The zero-order valence-corrected chi connectivity index (χ0v) is 21.4. The number of fused-ring (bicyclic) bond motifs is 1. The van der Waals surface area contributed by atoms with Gasteiger partial charge in [0.2, 0.25) is 0 Å². The van der Waals surface area contributed by atoms with Gasteiger partial charge < -0.3 is 19.5 Å². The molecule has 0 fully saturated rings. The summed E-state index contributed by atoms with van der Waals surface area (Å²) < 4.78 is 31.8. The van der Waals surface area contributed by atoms with Gasteiger partial charge in [-0.2, -0.15) is 0 Å². The van der Waals surface area contributed by atoms with E-state index in [-0.39, 0.29) is 11.9 Å². The molecule has 0 amide bonds. The normalized spacial score (nSPS) is 11.8. The quantitative estimate of drug-likeness (QED) is 0.239. The molecule has 188 valence electrons. The second-order valence-electron chi connectivity index (χ2n) is 8.65. The largest absolute Gasteiger partial charge is 0.493 e. The fraction of sp³-hybridized carbons (Fsp3) is 0.310. The topological polar surface area (TPSA) is 65.5 Å². The number of hydrogen-bond donors (Lipinski definition) is 1. The van der Waals surface area contributed by atoms with Crippen LogP contribution in [0.25, 0.3) is 22.0 Å². The second-order valence-corrected chi connectivity index (χ2v) is 8.65. The van der Waals surface area contributed by atoms with Gasteiger partial charge in [0, 0.05) is 17.5 Å². The van der Waals surface area contributed by atoms with Gasteiger partial charge in [-0.15, -0.1) is 0 Å². The molecule has 0 spiro atoms. The molecule has 0 unspecified atom stereocenters. The summed E-state index contributed by atoms with van der Waals surface area (Å²) in [5, 5.41) is 4.33. The highest BCUT2D eigenvalue weighted by atomic mass is 19.1. The van der Waals surface area contributed by atoms with Gasteiger partial charge in [0.25, 0.3) is 0 Å². The van der Waals surface area contributed by atoms with Gasteiger partial charge in [0.15, 0.2) is 11.5 Å². The molecule has 0 aliphatic carbocycles. The molecule has 0 aliphatic heterocycles. The van der Waals surface area contributed by atoms with Gasteiger partial charge in [-0.3, -0.25) is 0 Å². The molecule has 6 nitrogen and oxygen atoms in total. The highest BCUT2D eigenvalue weighted by Crippen LogP contribution is 2.37. The number of nitrogens with zero attached hydrogens (tertiary/aromatic N) is 2. The fourth-order valence-corrected chi connectivity index (χ4v) is 4.16. The van der Waals surface area contributed by atoms with Crippen LogP contribution in [0.4, 0.5) is 10.2 Å². The molecule has 0 radical (unpaired) electrons. The summed E-state index contributed by atoms with van der Waals surface area (Å²) in [6.45, 7) is 6.55. The van der Waals surface area contributed by atoms with Crippen molar-refractivity contribution in [3.8, 4) is 28.4 Å². The van der Waals surface area contributed by atoms with Crippen LogP contribution in [0, 0.1) is 12.7 Å². The molecule has 36 heavy (non-hydrogen) atoms. The Morgan fingerprint density at radius 2 is 1.69 bits per heavy atom. The molecule has 0 saturated carbocycles. The maximum absolute atomic E-state index is 14.9. The number of rotatable bonds is 10. The highest BCUT2D eigenvalue weighted by molar-refractivity contribution is 5.92. The van der Waals surface area contributed by atoms with E-state index in [1.807, 2.05) is 56.3 Å². The predicted molar refractivity (Wildman–Crippen MR) is 142 cm³/mol. The number of aryl methyl sites for hydroxylation is 1. The Hall–Kier alpha value is -3.87. The van der Waals surface area contributed by atoms with Crippen LogP contribution in [-0.2, 0) is 0 Å². The summed E-state index contributed by atoms with van der Waals surface area (Å²) in [5.41, 5.74) is 2.98. The molecule has 4 aromatic rings. The van der Waals surface area contributed by atoms with Crippen molar-refractivity contribution in [3.05, 3.63) is 71.8 Å². The van der Waals surface area contributed by atoms with E-state index in [1.54, 1.807) is 20.3 Å². The monoisotopic (exact) mass is 489 g/mol. The van der Waals surface area contributed by atoms with Crippen molar-refractivity contribution < 1.29 is 18.6 Å². The van der Waals surface area contributed by atoms with Gasteiger partial charge in [-0.25, -0.2) is 14.4 Å². The second kappa shape index (κ2) is 11.2. The first-order valence-corrected chi connectivity index (χ1v) is 12.1. The Labute approximate surface area is 211 Å². The zero-order chi connectivity index (χ0) is 25.7. The summed E-state index contributed by atoms with van der Waals surface area (Å²) in [5.74, 6) is 2.78. The minimum Gasteiger partial charge on any atom is -0.493 e. The van der Waals surface area contributed by atoms with Crippen LogP contribution in [0.1, 0.15) is 44.1 Å². The molecule has 7 heteroatoms. The Bertz CT molecular complexity index is 1360. The number of hydrogen-bond acceptors (Lipinski definition) is 6. The summed E-state index contributed by atoms with van der Waals surface area (Å²) in [4.78, 5) is 9.21. The van der Waals surface area contributed by atoms with E-state index in [0.717, 1.165) is 34.9 Å². The first-order chi connectivity index (χ1) is 17.4. The Morgan fingerprint density at radius 3 is 2.44 bits per heavy atom. The SMILES string of the molecule is CCCCOc1cccc(F)c1-c1cccc([C@@H](C)Nc2nc(C)nc3cc(OC)c(OC)cc23)c1. The molecule has 1 atom stereocenters. The lowest BCUT2D eigenvalue weighted by molar-refractivity contribution is 0.309. The molecular formula is C29H32FN3O3. The van der Waals surface area contributed by atoms with Crippen LogP contribution in [0.2, 0.25) is 0 Å². The third-order valence-corrected chi connectivity index (χ3v) is 6.07. The maximum atomic E-state index is 14.9. The smallest absolute Gasteiger partial charge is 0.162 e. The van der Waals surface area contributed by atoms with Crippen molar-refractivity contribution in [2.45, 2.75) is 39.7 Å². The summed E-state index contributed by atoms with van der Waals surface area (Å²) in [6.07, 6.45) is 1.93. The number of aromatic nitrogens is 2. The van der Waals surface area contributed by atoms with Crippen molar-refractivity contribution in [1.82, 2.24) is 9.97 Å². The van der Waals surface area contributed by atoms with Crippen LogP contribution in [0.15, 0.2) is 54.6 Å². The van der Waals surface area contributed by atoms with Crippen LogP contribution in [0.5, 0.6) is 17.2 Å². The van der Waals surface area contributed by atoms with Crippen LogP contribution in [-0.4, -0.2) is 30.8 Å². The van der Waals surface area contributed by atoms with E-state index in [4.69, 9.17) is 14.2 Å². The molecular weight excluding hydrogens is 457 g/mol. The first-order valence-electron chi connectivity index (χ1n) is 12.1. The van der Waals surface area contributed by atoms with Crippen LogP contribution in [0.3, 0.4) is 0 Å². The van der Waals surface area contributed by atoms with Crippen molar-refractivity contribution >= 4 is 16.7 Å². The molecule has 1 aromatic heterocycles. The number of benzene rings is 3. The van der Waals surface area contributed by atoms with E-state index in [0.29, 0.717) is 41.1 Å². The molecule has 3 aromatic carbocycles. The number of ether oxygens (including phenoxy) is 3. The van der Waals surface area contributed by atoms with Crippen LogP contribution >= 0.6 is 0 Å². The molecule has 0 aliphatic rings. The van der Waals surface area contributed by atoms with E-state index in [9.17, 15) is 4.39 Å². The van der Waals surface area contributed by atoms with E-state index < -0.39 is 0 Å². The van der Waals surface area contributed by atoms with Gasteiger partial charge in [-0.05, 0) is 55.7 Å². The number of halogens is 1. The van der Waals surface area contributed by atoms with E-state index in [2.05, 4.69) is 22.2 Å². The minimum atomic E-state index is -0.305. The first kappa shape index (κ1) is 25.2. The maximum Gasteiger partial charge on any atom is 0.162 e. The zero-order valence-electron chi connectivity index (χ0n) is 21.4. The third-order valence-electron chi connectivity index (χ3n) is 6.07. The van der Waals surface area contributed by atoms with Gasteiger partial charge >= 0.3 is 0 Å². The summed E-state index contributed by atoms with van der Waals surface area (Å²) >= 11 is 0. The average Bonchev–Trinajstić information content (AvgIpc) is 2.88. The van der Waals surface area contributed by atoms with Gasteiger partial charge in [0.1, 0.15) is 23.2 Å². The Balaban J connectivity index is 1.68. The van der Waals surface area contributed by atoms with E-state index >= 15 is 0 Å². The summed E-state index contributed by atoms with van der Waals surface area (Å²) in [7, 11) is 3.20. The average molecular weight is 490 g/mol. The molecule has 0 saturated heterocycles. The van der Waals surface area contributed by atoms with Crippen molar-refractivity contribution in [2.24, 2.45) is 0 Å². The Morgan fingerprint density at radius 1 is 0.944 bits per heavy atom. The molecule has 1 N–H and O–H groups in total. The number of unbranched alkanes of at least 4 members (excludes halogenated alkanes) is 1. The lowest BCUT2D eigenvalue weighted by atomic mass is 9.99. The molecule has 0 bridgehead atoms. The van der Waals surface area contributed by atoms with Crippen molar-refractivity contribution in [2.75, 3.05) is 26.1 Å². The van der Waals surface area contributed by atoms with Gasteiger partial charge in [-0.1, -0.05) is 37.6 Å². The third kappa shape index (κ3) is 5.35. The minimum absolute atomic E-state index is 0.119. The lowest BCUT2D eigenvalue weighted by Gasteiger charge is -2.19. The number of anilines is 1. The van der Waals surface area contributed by atoms with Gasteiger partial charge in [0.05, 0.1) is 31.9 Å². The lowest BCUT2D eigenvalue weighted by Crippen LogP contribution is -2.10. The van der Waals surface area contributed by atoms with E-state index in [1.165, 1.54) is 6.07 Å². The fourth-order valence-electron chi connectivity index (χ4n) is 4.16. The standard InChI is InChI=1S/C29H32FN3O3/c1-6-7-14-36-25-13-9-12-23(30)28(25)21-11-8-10-20(15-21)18(2)31-29-22-16-26(34-4)27(35-5)17-24(22)32-19(3)33-29/h8-13,15-18H,6-7,14H2,1-5H3,(H,31,32,33)/t18-/m1/s1. The highest BCUT2D eigenvalue weighted by Gasteiger charge is 2.17.